The highest BCUT2D eigenvalue weighted by Gasteiger charge is 2.21. The van der Waals surface area contributed by atoms with Crippen LogP contribution in [0.2, 0.25) is 0 Å². The molecular formula is C13H22N4O4S. The molecule has 0 saturated carbocycles. The molecule has 0 radical (unpaired) electrons. The van der Waals surface area contributed by atoms with Crippen LogP contribution < -0.4 is 5.32 Å². The molecule has 0 bridgehead atoms. The average molecular weight is 330 g/mol. The van der Waals surface area contributed by atoms with Crippen molar-refractivity contribution < 1.29 is 19.4 Å². The third-order valence-electron chi connectivity index (χ3n) is 2.56. The summed E-state index contributed by atoms with van der Waals surface area (Å²) in [5.74, 6) is -0.238. The zero-order valence-electron chi connectivity index (χ0n) is 13.3. The summed E-state index contributed by atoms with van der Waals surface area (Å²) in [6.07, 6.45) is 2.22. The smallest absolute Gasteiger partial charge is 0.407 e. The van der Waals surface area contributed by atoms with Crippen LogP contribution in [0, 0.1) is 0 Å². The van der Waals surface area contributed by atoms with Gasteiger partial charge in [-0.15, -0.1) is 5.10 Å². The summed E-state index contributed by atoms with van der Waals surface area (Å²) in [6, 6.07) is 0. The van der Waals surface area contributed by atoms with E-state index in [-0.39, 0.29) is 12.2 Å². The molecule has 0 atom stereocenters. The lowest BCUT2D eigenvalue weighted by Gasteiger charge is -2.19. The minimum atomic E-state index is -1.17. The van der Waals surface area contributed by atoms with Crippen molar-refractivity contribution in [2.75, 3.05) is 12.0 Å². The molecule has 0 fully saturated rings. The standard InChI is InChI=1S/C13H22N4O4S/c1-13(2,3)21-12(20)14-8-9-10(11(18)19)15-16-17(9)6-5-7-22-4/h5-8H2,1-4H3,(H,14,20)(H,18,19). The fourth-order valence-electron chi connectivity index (χ4n) is 1.68. The van der Waals surface area contributed by atoms with E-state index in [1.165, 1.54) is 4.68 Å². The molecule has 0 aromatic carbocycles. The van der Waals surface area contributed by atoms with Gasteiger partial charge in [0.2, 0.25) is 0 Å². The Bertz CT molecular complexity index is 525. The van der Waals surface area contributed by atoms with Gasteiger partial charge in [-0.3, -0.25) is 0 Å². The van der Waals surface area contributed by atoms with Gasteiger partial charge in [0.1, 0.15) is 5.60 Å². The molecule has 22 heavy (non-hydrogen) atoms. The van der Waals surface area contributed by atoms with Crippen LogP contribution in [0.4, 0.5) is 4.79 Å². The monoisotopic (exact) mass is 330 g/mol. The molecule has 124 valence electrons. The minimum absolute atomic E-state index is 0.00279. The second kappa shape index (κ2) is 8.02. The number of carboxylic acid groups (broad SMARTS) is 1. The molecule has 1 heterocycles. The molecule has 0 spiro atoms. The van der Waals surface area contributed by atoms with Crippen LogP contribution in [-0.4, -0.2) is 49.8 Å². The van der Waals surface area contributed by atoms with Crippen LogP contribution in [0.5, 0.6) is 0 Å². The summed E-state index contributed by atoms with van der Waals surface area (Å²) >= 11 is 1.70. The van der Waals surface area contributed by atoms with Crippen molar-refractivity contribution in [3.63, 3.8) is 0 Å². The molecule has 0 unspecified atom stereocenters. The van der Waals surface area contributed by atoms with Gasteiger partial charge >= 0.3 is 12.1 Å². The number of thioether (sulfide) groups is 1. The Balaban J connectivity index is 2.75. The SMILES string of the molecule is CSCCCn1nnc(C(=O)O)c1CNC(=O)OC(C)(C)C. The van der Waals surface area contributed by atoms with E-state index in [0.29, 0.717) is 12.2 Å². The van der Waals surface area contributed by atoms with Gasteiger partial charge in [-0.25, -0.2) is 14.3 Å². The van der Waals surface area contributed by atoms with E-state index in [1.807, 2.05) is 6.26 Å². The van der Waals surface area contributed by atoms with E-state index in [2.05, 4.69) is 15.6 Å². The van der Waals surface area contributed by atoms with Crippen molar-refractivity contribution in [1.29, 1.82) is 0 Å². The van der Waals surface area contributed by atoms with Crippen molar-refractivity contribution in [1.82, 2.24) is 20.3 Å². The van der Waals surface area contributed by atoms with Crippen LogP contribution in [0.15, 0.2) is 0 Å². The van der Waals surface area contributed by atoms with E-state index in [4.69, 9.17) is 9.84 Å². The number of ether oxygens (including phenoxy) is 1. The number of carbonyl (C=O) groups is 2. The molecule has 1 amide bonds. The first-order chi connectivity index (χ1) is 10.2. The van der Waals surface area contributed by atoms with Crippen LogP contribution in [0.25, 0.3) is 0 Å². The first kappa shape index (κ1) is 18.3. The molecule has 0 saturated heterocycles. The van der Waals surface area contributed by atoms with E-state index < -0.39 is 17.7 Å². The van der Waals surface area contributed by atoms with E-state index in [0.717, 1.165) is 12.2 Å². The van der Waals surface area contributed by atoms with Gasteiger partial charge in [0.15, 0.2) is 5.69 Å². The lowest BCUT2D eigenvalue weighted by Crippen LogP contribution is -2.33. The van der Waals surface area contributed by atoms with Crippen LogP contribution in [0.1, 0.15) is 43.4 Å². The molecule has 0 aliphatic rings. The fraction of sp³-hybridized carbons (Fsp3) is 0.692. The minimum Gasteiger partial charge on any atom is -0.476 e. The Hall–Kier alpha value is -1.77. The number of alkyl carbamates (subject to hydrolysis) is 1. The van der Waals surface area contributed by atoms with Gasteiger partial charge < -0.3 is 15.2 Å². The van der Waals surface area contributed by atoms with Gasteiger partial charge in [0, 0.05) is 6.54 Å². The molecule has 8 nitrogen and oxygen atoms in total. The molecule has 1 aromatic heterocycles. The Labute approximate surface area is 133 Å². The Morgan fingerprint density at radius 3 is 2.64 bits per heavy atom. The summed E-state index contributed by atoms with van der Waals surface area (Å²) in [6.45, 7) is 5.81. The quantitative estimate of drug-likeness (QED) is 0.734. The topological polar surface area (TPSA) is 106 Å². The molecule has 0 aliphatic heterocycles. The van der Waals surface area contributed by atoms with E-state index in [1.54, 1.807) is 32.5 Å². The van der Waals surface area contributed by atoms with Crippen molar-refractivity contribution in [3.05, 3.63) is 11.4 Å². The second-order valence-corrected chi connectivity index (χ2v) is 6.60. The number of carboxylic acids is 1. The van der Waals surface area contributed by atoms with Gasteiger partial charge in [0.05, 0.1) is 12.2 Å². The Morgan fingerprint density at radius 2 is 2.09 bits per heavy atom. The summed E-state index contributed by atoms with van der Waals surface area (Å²) in [5, 5.41) is 19.2. The second-order valence-electron chi connectivity index (χ2n) is 5.61. The number of aryl methyl sites for hydroxylation is 1. The number of carbonyl (C=O) groups excluding carboxylic acids is 1. The normalized spacial score (nSPS) is 11.3. The number of rotatable bonds is 7. The van der Waals surface area contributed by atoms with E-state index in [9.17, 15) is 9.59 Å². The predicted molar refractivity (Wildman–Crippen MR) is 83.1 cm³/mol. The highest BCUT2D eigenvalue weighted by molar-refractivity contribution is 7.98. The maximum absolute atomic E-state index is 11.7. The molecule has 9 heteroatoms. The summed E-state index contributed by atoms with van der Waals surface area (Å²) < 4.78 is 6.63. The van der Waals surface area contributed by atoms with Gasteiger partial charge in [-0.2, -0.15) is 11.8 Å². The molecule has 2 N–H and O–H groups in total. The van der Waals surface area contributed by atoms with E-state index >= 15 is 0 Å². The first-order valence-corrected chi connectivity index (χ1v) is 8.25. The summed E-state index contributed by atoms with van der Waals surface area (Å²) in [5.41, 5.74) is -0.406. The number of aromatic nitrogens is 3. The summed E-state index contributed by atoms with van der Waals surface area (Å²) in [4.78, 5) is 22.8. The number of hydrogen-bond acceptors (Lipinski definition) is 6. The molecule has 1 aromatic rings. The van der Waals surface area contributed by atoms with Crippen molar-refractivity contribution in [2.24, 2.45) is 0 Å². The van der Waals surface area contributed by atoms with Gasteiger partial charge in [-0.1, -0.05) is 5.21 Å². The van der Waals surface area contributed by atoms with Gasteiger partial charge in [0.25, 0.3) is 0 Å². The fourth-order valence-corrected chi connectivity index (χ4v) is 2.10. The van der Waals surface area contributed by atoms with Crippen LogP contribution in [0.3, 0.4) is 0 Å². The number of nitrogens with zero attached hydrogens (tertiary/aromatic N) is 3. The number of aromatic carboxylic acids is 1. The maximum Gasteiger partial charge on any atom is 0.407 e. The molecule has 0 aliphatic carbocycles. The lowest BCUT2D eigenvalue weighted by atomic mass is 10.2. The summed E-state index contributed by atoms with van der Waals surface area (Å²) in [7, 11) is 0. The van der Waals surface area contributed by atoms with Crippen molar-refractivity contribution >= 4 is 23.8 Å². The van der Waals surface area contributed by atoms with Crippen LogP contribution in [-0.2, 0) is 17.8 Å². The van der Waals surface area contributed by atoms with Gasteiger partial charge in [-0.05, 0) is 39.2 Å². The third kappa shape index (κ3) is 5.92. The Kier molecular flexibility index (Phi) is 6.66. The van der Waals surface area contributed by atoms with Crippen molar-refractivity contribution in [2.45, 2.75) is 45.9 Å². The zero-order chi connectivity index (χ0) is 16.8. The third-order valence-corrected chi connectivity index (χ3v) is 3.25. The number of hydrogen-bond donors (Lipinski definition) is 2. The first-order valence-electron chi connectivity index (χ1n) is 6.86. The lowest BCUT2D eigenvalue weighted by molar-refractivity contribution is 0.0519. The van der Waals surface area contributed by atoms with Crippen molar-refractivity contribution in [3.8, 4) is 0 Å². The average Bonchev–Trinajstić information content (AvgIpc) is 2.78. The zero-order valence-corrected chi connectivity index (χ0v) is 14.1. The highest BCUT2D eigenvalue weighted by Crippen LogP contribution is 2.10. The Morgan fingerprint density at radius 1 is 1.41 bits per heavy atom. The largest absolute Gasteiger partial charge is 0.476 e. The number of amides is 1. The molecule has 1 rings (SSSR count). The van der Waals surface area contributed by atoms with Crippen LogP contribution >= 0.6 is 11.8 Å². The maximum atomic E-state index is 11.7. The predicted octanol–water partition coefficient (Wildman–Crippen LogP) is 1.75. The molecular weight excluding hydrogens is 308 g/mol. The number of nitrogens with one attached hydrogen (secondary N) is 1. The highest BCUT2D eigenvalue weighted by atomic mass is 32.2.